The van der Waals surface area contributed by atoms with Gasteiger partial charge in [0.25, 0.3) is 0 Å². The number of hydrogen-bond acceptors (Lipinski definition) is 4. The average molecular weight is 351 g/mol. The maximum Gasteiger partial charge on any atom is 0.230 e. The highest BCUT2D eigenvalue weighted by molar-refractivity contribution is 9.10. The van der Waals surface area contributed by atoms with Crippen molar-refractivity contribution >= 4 is 33.4 Å². The first-order valence-electron chi connectivity index (χ1n) is 5.78. The summed E-state index contributed by atoms with van der Waals surface area (Å²) in [5, 5.41) is 4.68. The van der Waals surface area contributed by atoms with Crippen molar-refractivity contribution in [2.45, 2.75) is 0 Å². The van der Waals surface area contributed by atoms with Gasteiger partial charge in [-0.1, -0.05) is 22.8 Å². The van der Waals surface area contributed by atoms with E-state index < -0.39 is 0 Å². The highest BCUT2D eigenvalue weighted by atomic mass is 79.9. The van der Waals surface area contributed by atoms with Crippen LogP contribution in [0.3, 0.4) is 0 Å². The minimum absolute atomic E-state index is 0.275. The molecule has 0 saturated heterocycles. The number of hydrogen-bond donors (Lipinski definition) is 1. The molecule has 2 heterocycles. The van der Waals surface area contributed by atoms with Crippen LogP contribution in [0.5, 0.6) is 0 Å². The fourth-order valence-electron chi connectivity index (χ4n) is 1.94. The lowest BCUT2D eigenvalue weighted by molar-refractivity contribution is 0.439. The average Bonchev–Trinajstić information content (AvgIpc) is 2.85. The smallest absolute Gasteiger partial charge is 0.230 e. The summed E-state index contributed by atoms with van der Waals surface area (Å²) in [7, 11) is 0. The zero-order chi connectivity index (χ0) is 14.1. The number of rotatable bonds is 2. The Labute approximate surface area is 128 Å². The van der Waals surface area contributed by atoms with Crippen molar-refractivity contribution < 1.29 is 4.52 Å². The molecule has 0 aliphatic carbocycles. The molecule has 0 spiro atoms. The summed E-state index contributed by atoms with van der Waals surface area (Å²) < 4.78 is 5.92. The van der Waals surface area contributed by atoms with E-state index in [0.29, 0.717) is 10.7 Å². The molecule has 0 bridgehead atoms. The van der Waals surface area contributed by atoms with Gasteiger partial charge >= 0.3 is 0 Å². The molecule has 0 aliphatic heterocycles. The van der Waals surface area contributed by atoms with Gasteiger partial charge < -0.3 is 10.3 Å². The molecule has 0 radical (unpaired) electrons. The maximum atomic E-state index is 6.01. The third-order valence-corrected chi connectivity index (χ3v) is 4.09. The molecule has 3 aromatic rings. The quantitative estimate of drug-likeness (QED) is 0.744. The van der Waals surface area contributed by atoms with Gasteiger partial charge in [0.05, 0.1) is 10.6 Å². The van der Waals surface area contributed by atoms with E-state index in [1.54, 1.807) is 18.5 Å². The lowest BCUT2D eigenvalue weighted by atomic mass is 10.0. The second-order valence-corrected chi connectivity index (χ2v) is 5.40. The number of halogens is 2. The van der Waals surface area contributed by atoms with Crippen LogP contribution in [0.1, 0.15) is 0 Å². The highest BCUT2D eigenvalue weighted by Gasteiger charge is 2.17. The maximum absolute atomic E-state index is 6.01. The predicted molar refractivity (Wildman–Crippen MR) is 82.3 cm³/mol. The number of nitrogens with two attached hydrogens (primary N) is 1. The summed E-state index contributed by atoms with van der Waals surface area (Å²) in [6, 6.07) is 9.26. The van der Waals surface area contributed by atoms with Gasteiger partial charge in [-0.2, -0.15) is 0 Å². The summed E-state index contributed by atoms with van der Waals surface area (Å²) in [6.45, 7) is 0. The van der Waals surface area contributed by atoms with Crippen molar-refractivity contribution in [3.63, 3.8) is 0 Å². The normalized spacial score (nSPS) is 10.7. The molecule has 1 aromatic carbocycles. The molecule has 0 fully saturated rings. The number of benzene rings is 1. The molecular formula is C14H9BrClN3O. The van der Waals surface area contributed by atoms with Crippen LogP contribution in [-0.2, 0) is 0 Å². The number of nitrogen functional groups attached to an aromatic ring is 1. The van der Waals surface area contributed by atoms with E-state index in [1.165, 1.54) is 0 Å². The Balaban J connectivity index is 2.18. The molecule has 4 nitrogen and oxygen atoms in total. The Bertz CT molecular complexity index is 758. The number of anilines is 1. The van der Waals surface area contributed by atoms with Crippen molar-refractivity contribution in [1.82, 2.24) is 10.1 Å². The minimum atomic E-state index is 0.275. The molecule has 0 atom stereocenters. The topological polar surface area (TPSA) is 64.9 Å². The second kappa shape index (κ2) is 5.26. The van der Waals surface area contributed by atoms with Crippen LogP contribution in [0.15, 0.2) is 51.7 Å². The monoisotopic (exact) mass is 349 g/mol. The van der Waals surface area contributed by atoms with E-state index in [4.69, 9.17) is 21.9 Å². The molecular weight excluding hydrogens is 342 g/mol. The zero-order valence-corrected chi connectivity index (χ0v) is 12.5. The summed E-state index contributed by atoms with van der Waals surface area (Å²) in [5.41, 5.74) is 9.09. The second-order valence-electron chi connectivity index (χ2n) is 4.14. The van der Waals surface area contributed by atoms with Crippen molar-refractivity contribution in [2.24, 2.45) is 0 Å². The number of pyridine rings is 1. The van der Waals surface area contributed by atoms with Crippen LogP contribution >= 0.6 is 27.5 Å². The lowest BCUT2D eigenvalue weighted by Gasteiger charge is -2.04. The number of aromatic nitrogens is 2. The summed E-state index contributed by atoms with van der Waals surface area (Å²) in [6.07, 6.45) is 3.40. The van der Waals surface area contributed by atoms with Gasteiger partial charge in [0, 0.05) is 22.4 Å². The lowest BCUT2D eigenvalue weighted by Crippen LogP contribution is -1.88. The first-order valence-corrected chi connectivity index (χ1v) is 6.95. The van der Waals surface area contributed by atoms with Gasteiger partial charge in [0.2, 0.25) is 5.88 Å². The molecule has 0 unspecified atom stereocenters. The fraction of sp³-hybridized carbons (Fsp3) is 0. The van der Waals surface area contributed by atoms with E-state index in [2.05, 4.69) is 26.1 Å². The zero-order valence-electron chi connectivity index (χ0n) is 10.2. The molecule has 20 heavy (non-hydrogen) atoms. The van der Waals surface area contributed by atoms with Crippen LogP contribution in [0.2, 0.25) is 5.02 Å². The van der Waals surface area contributed by atoms with E-state index in [-0.39, 0.29) is 5.88 Å². The van der Waals surface area contributed by atoms with Crippen molar-refractivity contribution in [3.8, 4) is 22.4 Å². The first-order chi connectivity index (χ1) is 9.66. The van der Waals surface area contributed by atoms with Gasteiger partial charge in [-0.05, 0) is 45.8 Å². The van der Waals surface area contributed by atoms with E-state index >= 15 is 0 Å². The molecule has 2 N–H and O–H groups in total. The molecule has 3 rings (SSSR count). The van der Waals surface area contributed by atoms with Crippen LogP contribution in [0.4, 0.5) is 5.88 Å². The van der Waals surface area contributed by atoms with Crippen LogP contribution in [0, 0.1) is 0 Å². The molecule has 0 amide bonds. The highest BCUT2D eigenvalue weighted by Crippen LogP contribution is 2.37. The number of nitrogens with zero attached hydrogens (tertiary/aromatic N) is 2. The van der Waals surface area contributed by atoms with Gasteiger partial charge in [-0.15, -0.1) is 0 Å². The standard InChI is InChI=1S/C14H9BrClN3O/c15-10-7-9(1-2-11(10)16)13-12(14(17)20-19-13)8-3-5-18-6-4-8/h1-7H,17H2. The summed E-state index contributed by atoms with van der Waals surface area (Å²) >= 11 is 9.41. The Hall–Kier alpha value is -1.85. The molecule has 6 heteroatoms. The van der Waals surface area contributed by atoms with E-state index in [0.717, 1.165) is 21.2 Å². The van der Waals surface area contributed by atoms with Crippen LogP contribution in [-0.4, -0.2) is 10.1 Å². The molecule has 100 valence electrons. The Morgan fingerprint density at radius 2 is 1.85 bits per heavy atom. The Morgan fingerprint density at radius 1 is 1.10 bits per heavy atom. The molecule has 0 aliphatic rings. The van der Waals surface area contributed by atoms with E-state index in [9.17, 15) is 0 Å². The Morgan fingerprint density at radius 3 is 2.55 bits per heavy atom. The Kier molecular flexibility index (Phi) is 3.46. The van der Waals surface area contributed by atoms with Crippen molar-refractivity contribution in [3.05, 3.63) is 52.2 Å². The third kappa shape index (κ3) is 2.30. The van der Waals surface area contributed by atoms with Gasteiger partial charge in [-0.25, -0.2) is 0 Å². The third-order valence-electron chi connectivity index (χ3n) is 2.88. The molecule has 2 aromatic heterocycles. The van der Waals surface area contributed by atoms with E-state index in [1.807, 2.05) is 24.3 Å². The van der Waals surface area contributed by atoms with Gasteiger partial charge in [0.15, 0.2) is 0 Å². The van der Waals surface area contributed by atoms with Gasteiger partial charge in [0.1, 0.15) is 5.69 Å². The molecule has 0 saturated carbocycles. The van der Waals surface area contributed by atoms with Crippen molar-refractivity contribution in [2.75, 3.05) is 5.73 Å². The van der Waals surface area contributed by atoms with Crippen LogP contribution in [0.25, 0.3) is 22.4 Å². The SMILES string of the molecule is Nc1onc(-c2ccc(Cl)c(Br)c2)c1-c1ccncc1. The fourth-order valence-corrected chi connectivity index (χ4v) is 2.44. The van der Waals surface area contributed by atoms with Crippen LogP contribution < -0.4 is 5.73 Å². The minimum Gasteiger partial charge on any atom is -0.367 e. The summed E-state index contributed by atoms with van der Waals surface area (Å²) in [5.74, 6) is 0.275. The predicted octanol–water partition coefficient (Wildman–Crippen LogP) is 4.40. The van der Waals surface area contributed by atoms with Gasteiger partial charge in [-0.3, -0.25) is 4.98 Å². The summed E-state index contributed by atoms with van der Waals surface area (Å²) in [4.78, 5) is 4.00. The van der Waals surface area contributed by atoms with Crippen molar-refractivity contribution in [1.29, 1.82) is 0 Å². The first kappa shape index (κ1) is 13.1. The largest absolute Gasteiger partial charge is 0.367 e.